The normalized spacial score (nSPS) is 11.0. The third kappa shape index (κ3) is 8.91. The van der Waals surface area contributed by atoms with Crippen LogP contribution in [0.1, 0.15) is 31.9 Å². The molecule has 2 rings (SSSR count). The second-order valence-electron chi connectivity index (χ2n) is 7.90. The molecule has 0 spiro atoms. The van der Waals surface area contributed by atoms with Crippen LogP contribution in [0, 0.1) is 0 Å². The van der Waals surface area contributed by atoms with Crippen molar-refractivity contribution in [2.75, 3.05) is 19.0 Å². The Labute approximate surface area is 188 Å². The standard InChI is InChI=1S/C24H29N3O5/c1-24(2,3)32-23(30)26-16-22(29)27-19-10-7-8-17(14-19)15-25-21(28)13-12-18-9-5-6-11-20(18)31-4/h5-14H,15-16H2,1-4H3,(H,25,28)(H,26,30)(H,27,29)/b13-12+. The van der Waals surface area contributed by atoms with Gasteiger partial charge in [-0.25, -0.2) is 4.79 Å². The van der Waals surface area contributed by atoms with Gasteiger partial charge in [-0.3, -0.25) is 9.59 Å². The van der Waals surface area contributed by atoms with Crippen molar-refractivity contribution >= 4 is 29.7 Å². The fourth-order valence-electron chi connectivity index (χ4n) is 2.65. The van der Waals surface area contributed by atoms with Gasteiger partial charge in [0.15, 0.2) is 0 Å². The highest BCUT2D eigenvalue weighted by molar-refractivity contribution is 5.94. The molecule has 2 aromatic carbocycles. The third-order valence-electron chi connectivity index (χ3n) is 4.02. The maximum absolute atomic E-state index is 12.1. The van der Waals surface area contributed by atoms with Gasteiger partial charge in [-0.1, -0.05) is 30.3 Å². The number of carbonyl (C=O) groups is 3. The minimum absolute atomic E-state index is 0.219. The van der Waals surface area contributed by atoms with E-state index in [-0.39, 0.29) is 19.0 Å². The van der Waals surface area contributed by atoms with Crippen molar-refractivity contribution in [3.63, 3.8) is 0 Å². The lowest BCUT2D eigenvalue weighted by molar-refractivity contribution is -0.117. The summed E-state index contributed by atoms with van der Waals surface area (Å²) in [5, 5.41) is 7.90. The Morgan fingerprint density at radius 1 is 1.00 bits per heavy atom. The molecule has 3 amide bonds. The smallest absolute Gasteiger partial charge is 0.408 e. The van der Waals surface area contributed by atoms with Gasteiger partial charge in [-0.15, -0.1) is 0 Å². The molecule has 0 saturated carbocycles. The van der Waals surface area contributed by atoms with E-state index in [1.54, 1.807) is 52.2 Å². The summed E-state index contributed by atoms with van der Waals surface area (Å²) in [4.78, 5) is 35.8. The Morgan fingerprint density at radius 3 is 2.47 bits per heavy atom. The minimum atomic E-state index is -0.662. The van der Waals surface area contributed by atoms with E-state index in [9.17, 15) is 14.4 Å². The van der Waals surface area contributed by atoms with Crippen molar-refractivity contribution in [2.24, 2.45) is 0 Å². The van der Waals surface area contributed by atoms with Crippen LogP contribution in [0.15, 0.2) is 54.6 Å². The SMILES string of the molecule is COc1ccccc1/C=C/C(=O)NCc1cccc(NC(=O)CNC(=O)OC(C)(C)C)c1. The number of benzene rings is 2. The number of hydrogen-bond acceptors (Lipinski definition) is 5. The molecule has 0 aromatic heterocycles. The first-order valence-corrected chi connectivity index (χ1v) is 10.1. The molecule has 2 aromatic rings. The number of anilines is 1. The largest absolute Gasteiger partial charge is 0.496 e. The Hall–Kier alpha value is -3.81. The Morgan fingerprint density at radius 2 is 1.75 bits per heavy atom. The second-order valence-corrected chi connectivity index (χ2v) is 7.90. The number of alkyl carbamates (subject to hydrolysis) is 1. The summed E-state index contributed by atoms with van der Waals surface area (Å²) in [5.41, 5.74) is 1.52. The maximum atomic E-state index is 12.1. The van der Waals surface area contributed by atoms with E-state index in [2.05, 4.69) is 16.0 Å². The zero-order chi connectivity index (χ0) is 23.6. The number of hydrogen-bond donors (Lipinski definition) is 3. The lowest BCUT2D eigenvalue weighted by Crippen LogP contribution is -2.37. The fourth-order valence-corrected chi connectivity index (χ4v) is 2.65. The molecule has 8 nitrogen and oxygen atoms in total. The van der Waals surface area contributed by atoms with Gasteiger partial charge in [-0.2, -0.15) is 0 Å². The van der Waals surface area contributed by atoms with E-state index in [0.29, 0.717) is 11.4 Å². The molecule has 0 aliphatic rings. The van der Waals surface area contributed by atoms with E-state index in [0.717, 1.165) is 11.1 Å². The van der Waals surface area contributed by atoms with Crippen LogP contribution in [0.5, 0.6) is 5.75 Å². The molecule has 0 saturated heterocycles. The molecule has 32 heavy (non-hydrogen) atoms. The quantitative estimate of drug-likeness (QED) is 0.546. The van der Waals surface area contributed by atoms with Gasteiger partial charge in [0.25, 0.3) is 0 Å². The molecule has 0 bridgehead atoms. The summed E-state index contributed by atoms with van der Waals surface area (Å²) in [6.45, 7) is 5.29. The summed E-state index contributed by atoms with van der Waals surface area (Å²) in [6.07, 6.45) is 2.46. The van der Waals surface area contributed by atoms with Gasteiger partial charge in [-0.05, 0) is 50.6 Å². The van der Waals surface area contributed by atoms with Gasteiger partial charge in [0.05, 0.1) is 7.11 Å². The van der Waals surface area contributed by atoms with Crippen molar-refractivity contribution in [3.8, 4) is 5.75 Å². The number of nitrogens with one attached hydrogen (secondary N) is 3. The van der Waals surface area contributed by atoms with Crippen LogP contribution >= 0.6 is 0 Å². The van der Waals surface area contributed by atoms with Crippen molar-refractivity contribution in [1.29, 1.82) is 0 Å². The maximum Gasteiger partial charge on any atom is 0.408 e. The molecule has 0 heterocycles. The predicted octanol–water partition coefficient (Wildman–Crippen LogP) is 3.49. The van der Waals surface area contributed by atoms with Crippen molar-refractivity contribution < 1.29 is 23.9 Å². The minimum Gasteiger partial charge on any atom is -0.496 e. The Balaban J connectivity index is 1.83. The van der Waals surface area contributed by atoms with Crippen LogP contribution in [-0.2, 0) is 20.9 Å². The number of carbonyl (C=O) groups excluding carboxylic acids is 3. The Kier molecular flexibility index (Phi) is 8.83. The molecular weight excluding hydrogens is 410 g/mol. The van der Waals surface area contributed by atoms with Crippen LogP contribution in [0.2, 0.25) is 0 Å². The van der Waals surface area contributed by atoms with Crippen LogP contribution in [-0.4, -0.2) is 37.2 Å². The zero-order valence-electron chi connectivity index (χ0n) is 18.7. The number of para-hydroxylation sites is 1. The Bertz CT molecular complexity index is 980. The first-order valence-electron chi connectivity index (χ1n) is 10.1. The molecule has 0 aliphatic heterocycles. The highest BCUT2D eigenvalue weighted by Crippen LogP contribution is 2.18. The highest BCUT2D eigenvalue weighted by atomic mass is 16.6. The van der Waals surface area contributed by atoms with Crippen LogP contribution in [0.3, 0.4) is 0 Å². The molecule has 0 aliphatic carbocycles. The highest BCUT2D eigenvalue weighted by Gasteiger charge is 2.16. The molecule has 170 valence electrons. The first kappa shape index (κ1) is 24.5. The van der Waals surface area contributed by atoms with Crippen LogP contribution < -0.4 is 20.7 Å². The van der Waals surface area contributed by atoms with E-state index >= 15 is 0 Å². The van der Waals surface area contributed by atoms with Crippen molar-refractivity contribution in [2.45, 2.75) is 32.9 Å². The summed E-state index contributed by atoms with van der Waals surface area (Å²) in [5.74, 6) is 0.0323. The second kappa shape index (κ2) is 11.5. The van der Waals surface area contributed by atoms with Crippen molar-refractivity contribution in [3.05, 3.63) is 65.7 Å². The molecule has 0 unspecified atom stereocenters. The van der Waals surface area contributed by atoms with Crippen LogP contribution in [0.25, 0.3) is 6.08 Å². The van der Waals surface area contributed by atoms with Gasteiger partial charge in [0, 0.05) is 23.9 Å². The molecule has 0 atom stereocenters. The zero-order valence-corrected chi connectivity index (χ0v) is 18.7. The number of methoxy groups -OCH3 is 1. The van der Waals surface area contributed by atoms with Gasteiger partial charge < -0.3 is 25.4 Å². The number of amides is 3. The average molecular weight is 440 g/mol. The molecule has 8 heteroatoms. The van der Waals surface area contributed by atoms with E-state index in [1.807, 2.05) is 30.3 Å². The lowest BCUT2D eigenvalue weighted by atomic mass is 10.2. The summed E-state index contributed by atoms with van der Waals surface area (Å²) in [7, 11) is 1.58. The number of rotatable bonds is 8. The lowest BCUT2D eigenvalue weighted by Gasteiger charge is -2.19. The topological polar surface area (TPSA) is 106 Å². The van der Waals surface area contributed by atoms with Crippen molar-refractivity contribution in [1.82, 2.24) is 10.6 Å². The predicted molar refractivity (Wildman–Crippen MR) is 123 cm³/mol. The third-order valence-corrected chi connectivity index (χ3v) is 4.02. The average Bonchev–Trinajstić information content (AvgIpc) is 2.74. The fraction of sp³-hybridized carbons (Fsp3) is 0.292. The van der Waals surface area contributed by atoms with Gasteiger partial charge in [0.2, 0.25) is 11.8 Å². The summed E-state index contributed by atoms with van der Waals surface area (Å²) in [6, 6.07) is 14.5. The van der Waals surface area contributed by atoms with Gasteiger partial charge in [0.1, 0.15) is 17.9 Å². The van der Waals surface area contributed by atoms with Gasteiger partial charge >= 0.3 is 6.09 Å². The summed E-state index contributed by atoms with van der Waals surface area (Å²) >= 11 is 0. The van der Waals surface area contributed by atoms with E-state index in [4.69, 9.17) is 9.47 Å². The van der Waals surface area contributed by atoms with E-state index < -0.39 is 17.6 Å². The molecule has 0 radical (unpaired) electrons. The van der Waals surface area contributed by atoms with Crippen LogP contribution in [0.4, 0.5) is 10.5 Å². The number of ether oxygens (including phenoxy) is 2. The molecule has 0 fully saturated rings. The monoisotopic (exact) mass is 439 g/mol. The van der Waals surface area contributed by atoms with E-state index in [1.165, 1.54) is 6.08 Å². The molecule has 3 N–H and O–H groups in total. The summed E-state index contributed by atoms with van der Waals surface area (Å²) < 4.78 is 10.3. The molecular formula is C24H29N3O5. The first-order chi connectivity index (χ1) is 15.2.